The largest absolute Gasteiger partial charge is 0.466 e. The van der Waals surface area contributed by atoms with Crippen LogP contribution in [0.15, 0.2) is 57.9 Å². The van der Waals surface area contributed by atoms with Gasteiger partial charge >= 0.3 is 5.97 Å². The third-order valence-electron chi connectivity index (χ3n) is 7.42. The van der Waals surface area contributed by atoms with Crippen LogP contribution in [-0.4, -0.2) is 40.7 Å². The highest BCUT2D eigenvalue weighted by atomic mass is 32.2. The summed E-state index contributed by atoms with van der Waals surface area (Å²) in [5.41, 5.74) is 7.48. The summed E-state index contributed by atoms with van der Waals surface area (Å²) in [6, 6.07) is 14.4. The zero-order valence-electron chi connectivity index (χ0n) is 25.2. The molecule has 0 unspecified atom stereocenters. The van der Waals surface area contributed by atoms with E-state index >= 15 is 0 Å². The van der Waals surface area contributed by atoms with Crippen molar-refractivity contribution in [1.82, 2.24) is 19.7 Å². The van der Waals surface area contributed by atoms with E-state index in [2.05, 4.69) is 21.4 Å². The Morgan fingerprint density at radius 1 is 1.00 bits per heavy atom. The highest BCUT2D eigenvalue weighted by Crippen LogP contribution is 2.33. The molecule has 0 saturated heterocycles. The quantitative estimate of drug-likeness (QED) is 0.198. The molecule has 5 aromatic rings. The number of aryl methyl sites for hydroxylation is 4. The van der Waals surface area contributed by atoms with E-state index in [4.69, 9.17) is 19.2 Å². The van der Waals surface area contributed by atoms with Crippen molar-refractivity contribution >= 4 is 33.0 Å². The van der Waals surface area contributed by atoms with Gasteiger partial charge in [0.15, 0.2) is 5.65 Å². The molecule has 0 aliphatic carbocycles. The minimum atomic E-state index is -4.07. The number of hydrogen-bond donors (Lipinski definition) is 1. The highest BCUT2D eigenvalue weighted by molar-refractivity contribution is 7.92. The summed E-state index contributed by atoms with van der Waals surface area (Å²) in [4.78, 5) is 22.4. The Kier molecular flexibility index (Phi) is 8.36. The third-order valence-corrected chi connectivity index (χ3v) is 8.81. The van der Waals surface area contributed by atoms with Crippen molar-refractivity contribution in [2.24, 2.45) is 0 Å². The van der Waals surface area contributed by atoms with Crippen LogP contribution in [0.2, 0.25) is 0 Å². The fourth-order valence-corrected chi connectivity index (χ4v) is 6.47. The summed E-state index contributed by atoms with van der Waals surface area (Å²) in [5.74, 6) is 0.572. The topological polar surface area (TPSA) is 129 Å². The standard InChI is InChI=1S/C32H35N5O5S/c1-7-28-34-30-19(3)15-20(4)33-31(30)37(28)18-23-13-14-25(24(16-23)17-29(38)41-8-2)26-11-9-10-12-27(26)43(39,40)36-32-21(5)22(6)35-42-32/h9-16,36H,7-8,17-18H2,1-6H3. The van der Waals surface area contributed by atoms with E-state index in [1.807, 2.05) is 38.1 Å². The number of nitrogens with one attached hydrogen (secondary N) is 1. The lowest BCUT2D eigenvalue weighted by Gasteiger charge is -2.16. The Morgan fingerprint density at radius 3 is 2.47 bits per heavy atom. The molecule has 0 saturated carbocycles. The predicted octanol–water partition coefficient (Wildman–Crippen LogP) is 5.84. The fraction of sp³-hybridized carbons (Fsp3) is 0.312. The Labute approximate surface area is 251 Å². The summed E-state index contributed by atoms with van der Waals surface area (Å²) in [5, 5.41) is 3.86. The highest BCUT2D eigenvalue weighted by Gasteiger charge is 2.25. The number of pyridine rings is 1. The molecule has 3 aromatic heterocycles. The van der Waals surface area contributed by atoms with Crippen molar-refractivity contribution in [3.63, 3.8) is 0 Å². The Balaban J connectivity index is 1.60. The predicted molar refractivity (Wildman–Crippen MR) is 164 cm³/mol. The molecule has 11 heteroatoms. The monoisotopic (exact) mass is 601 g/mol. The number of benzene rings is 2. The van der Waals surface area contributed by atoms with Crippen LogP contribution in [0, 0.1) is 27.7 Å². The number of rotatable bonds is 10. The summed E-state index contributed by atoms with van der Waals surface area (Å²) >= 11 is 0. The van der Waals surface area contributed by atoms with Gasteiger partial charge in [-0.15, -0.1) is 0 Å². The molecule has 10 nitrogen and oxygen atoms in total. The zero-order valence-corrected chi connectivity index (χ0v) is 26.0. The lowest BCUT2D eigenvalue weighted by molar-refractivity contribution is -0.142. The minimum absolute atomic E-state index is 0.0268. The first-order chi connectivity index (χ1) is 20.5. The van der Waals surface area contributed by atoms with Crippen molar-refractivity contribution in [3.8, 4) is 11.1 Å². The average molecular weight is 602 g/mol. The van der Waals surface area contributed by atoms with Crippen LogP contribution in [0.5, 0.6) is 0 Å². The third kappa shape index (κ3) is 6.03. The first-order valence-corrected chi connectivity index (χ1v) is 15.7. The Bertz CT molecular complexity index is 1940. The molecule has 3 heterocycles. The van der Waals surface area contributed by atoms with Crippen LogP contribution in [0.1, 0.15) is 53.3 Å². The van der Waals surface area contributed by atoms with E-state index in [9.17, 15) is 13.2 Å². The summed E-state index contributed by atoms with van der Waals surface area (Å²) in [6.45, 7) is 12.0. The molecular formula is C32H35N5O5S. The second-order valence-corrected chi connectivity index (χ2v) is 12.2. The number of anilines is 1. The smallest absolute Gasteiger partial charge is 0.310 e. The van der Waals surface area contributed by atoms with Crippen LogP contribution in [0.3, 0.4) is 0 Å². The lowest BCUT2D eigenvalue weighted by atomic mass is 9.95. The van der Waals surface area contributed by atoms with Crippen LogP contribution in [0.4, 0.5) is 5.88 Å². The number of nitrogens with zero attached hydrogens (tertiary/aromatic N) is 4. The molecule has 0 atom stereocenters. The van der Waals surface area contributed by atoms with Gasteiger partial charge in [0.2, 0.25) is 5.88 Å². The Hall–Kier alpha value is -4.51. The van der Waals surface area contributed by atoms with E-state index in [1.165, 1.54) is 6.07 Å². The van der Waals surface area contributed by atoms with Crippen LogP contribution in [-0.2, 0) is 38.9 Å². The maximum Gasteiger partial charge on any atom is 0.310 e. The van der Waals surface area contributed by atoms with Gasteiger partial charge in [-0.05, 0) is 69.0 Å². The zero-order chi connectivity index (χ0) is 30.9. The van der Waals surface area contributed by atoms with E-state index in [0.29, 0.717) is 34.5 Å². The molecule has 1 N–H and O–H groups in total. The van der Waals surface area contributed by atoms with Crippen LogP contribution < -0.4 is 4.72 Å². The SMILES string of the molecule is CCOC(=O)Cc1cc(Cn2c(CC)nc3c(C)cc(C)nc32)ccc1-c1ccccc1S(=O)(=O)Nc1onc(C)c1C. The molecule has 224 valence electrons. The molecule has 0 radical (unpaired) electrons. The van der Waals surface area contributed by atoms with Gasteiger partial charge in [0, 0.05) is 23.2 Å². The number of carbonyl (C=O) groups excluding carboxylic acids is 1. The molecular weight excluding hydrogens is 566 g/mol. The van der Waals surface area contributed by atoms with Gasteiger partial charge in [0.1, 0.15) is 11.3 Å². The lowest BCUT2D eigenvalue weighted by Crippen LogP contribution is -2.15. The molecule has 2 aromatic carbocycles. The van der Waals surface area contributed by atoms with Gasteiger partial charge in [-0.3, -0.25) is 4.79 Å². The number of sulfonamides is 1. The maximum absolute atomic E-state index is 13.6. The van der Waals surface area contributed by atoms with Gasteiger partial charge in [0.25, 0.3) is 10.0 Å². The number of carbonyl (C=O) groups is 1. The van der Waals surface area contributed by atoms with Gasteiger partial charge in [0.05, 0.1) is 30.2 Å². The second-order valence-electron chi connectivity index (χ2n) is 10.5. The number of fused-ring (bicyclic) bond motifs is 1. The number of hydrogen-bond acceptors (Lipinski definition) is 8. The maximum atomic E-state index is 13.6. The summed E-state index contributed by atoms with van der Waals surface area (Å²) in [7, 11) is -4.07. The molecule has 5 rings (SSSR count). The average Bonchev–Trinajstić information content (AvgIpc) is 3.47. The van der Waals surface area contributed by atoms with E-state index in [0.717, 1.165) is 40.2 Å². The van der Waals surface area contributed by atoms with E-state index in [1.54, 1.807) is 39.0 Å². The van der Waals surface area contributed by atoms with Crippen molar-refractivity contribution in [2.45, 2.75) is 65.8 Å². The molecule has 0 amide bonds. The minimum Gasteiger partial charge on any atom is -0.466 e. The number of aromatic nitrogens is 4. The van der Waals surface area contributed by atoms with Gasteiger partial charge in [-0.25, -0.2) is 23.1 Å². The normalized spacial score (nSPS) is 11.7. The number of esters is 1. The Morgan fingerprint density at radius 2 is 1.77 bits per heavy atom. The molecule has 0 spiro atoms. The number of ether oxygens (including phenoxy) is 1. The van der Waals surface area contributed by atoms with Gasteiger partial charge < -0.3 is 13.8 Å². The van der Waals surface area contributed by atoms with E-state index in [-0.39, 0.29) is 23.8 Å². The van der Waals surface area contributed by atoms with Crippen molar-refractivity contribution in [1.29, 1.82) is 0 Å². The van der Waals surface area contributed by atoms with Crippen molar-refractivity contribution < 1.29 is 22.5 Å². The van der Waals surface area contributed by atoms with Crippen LogP contribution in [0.25, 0.3) is 22.3 Å². The fourth-order valence-electron chi connectivity index (χ4n) is 5.20. The van der Waals surface area contributed by atoms with Crippen molar-refractivity contribution in [2.75, 3.05) is 11.3 Å². The molecule has 0 aliphatic heterocycles. The van der Waals surface area contributed by atoms with Gasteiger partial charge in [-0.1, -0.05) is 48.5 Å². The molecule has 0 fully saturated rings. The number of imidazole rings is 1. The van der Waals surface area contributed by atoms with Crippen LogP contribution >= 0.6 is 0 Å². The summed E-state index contributed by atoms with van der Waals surface area (Å²) < 4.78 is 42.4. The first kappa shape index (κ1) is 30.0. The molecule has 0 bridgehead atoms. The van der Waals surface area contributed by atoms with Gasteiger partial charge in [-0.2, -0.15) is 0 Å². The first-order valence-electron chi connectivity index (χ1n) is 14.2. The van der Waals surface area contributed by atoms with Crippen molar-refractivity contribution in [3.05, 3.63) is 88.0 Å². The van der Waals surface area contributed by atoms with E-state index < -0.39 is 16.0 Å². The molecule has 43 heavy (non-hydrogen) atoms. The summed E-state index contributed by atoms with van der Waals surface area (Å²) in [6.07, 6.45) is 0.700. The molecule has 0 aliphatic rings. The second kappa shape index (κ2) is 12.0.